The molecule has 3 amide bonds. The van der Waals surface area contributed by atoms with Crippen molar-refractivity contribution in [2.24, 2.45) is 0 Å². The van der Waals surface area contributed by atoms with Gasteiger partial charge in [0.2, 0.25) is 5.91 Å². The molecule has 1 N–H and O–H groups in total. The number of amides is 3. The Hall–Kier alpha value is -2.38. The summed E-state index contributed by atoms with van der Waals surface area (Å²) in [6.45, 7) is 0.119. The fourth-order valence-electron chi connectivity index (χ4n) is 2.30. The molecule has 1 fully saturated rings. The van der Waals surface area contributed by atoms with Gasteiger partial charge in [0.15, 0.2) is 0 Å². The molecule has 1 aliphatic rings. The molecule has 25 heavy (non-hydrogen) atoms. The van der Waals surface area contributed by atoms with Gasteiger partial charge in [0.05, 0.1) is 17.3 Å². The van der Waals surface area contributed by atoms with Crippen LogP contribution >= 0.6 is 23.4 Å². The number of carbonyl (C=O) groups excluding carboxylic acids is 3. The van der Waals surface area contributed by atoms with Crippen LogP contribution in [0.25, 0.3) is 0 Å². The van der Waals surface area contributed by atoms with Gasteiger partial charge in [-0.15, -0.1) is 0 Å². The van der Waals surface area contributed by atoms with Gasteiger partial charge in [0.25, 0.3) is 11.1 Å². The van der Waals surface area contributed by atoms with Crippen molar-refractivity contribution in [1.82, 2.24) is 4.90 Å². The predicted molar refractivity (Wildman–Crippen MR) is 94.2 cm³/mol. The van der Waals surface area contributed by atoms with Crippen LogP contribution in [0.4, 0.5) is 14.9 Å². The van der Waals surface area contributed by atoms with Crippen LogP contribution in [-0.2, 0) is 11.3 Å². The van der Waals surface area contributed by atoms with Crippen LogP contribution in [0, 0.1) is 5.82 Å². The first kappa shape index (κ1) is 17.4. The number of carbonyl (C=O) groups is 3. The number of rotatable bonds is 4. The van der Waals surface area contributed by atoms with Crippen LogP contribution in [0.1, 0.15) is 15.9 Å². The molecule has 2 aromatic rings. The normalized spacial score (nSPS) is 14.1. The Morgan fingerprint density at radius 2 is 2.04 bits per heavy atom. The molecular weight excluding hydrogens is 367 g/mol. The highest BCUT2D eigenvalue weighted by Crippen LogP contribution is 2.22. The van der Waals surface area contributed by atoms with Crippen LogP contribution in [-0.4, -0.2) is 27.7 Å². The molecule has 0 unspecified atom stereocenters. The second-order valence-corrected chi connectivity index (χ2v) is 6.65. The van der Waals surface area contributed by atoms with Gasteiger partial charge in [-0.25, -0.2) is 4.39 Å². The zero-order valence-electron chi connectivity index (χ0n) is 12.8. The van der Waals surface area contributed by atoms with Crippen molar-refractivity contribution >= 4 is 46.1 Å². The van der Waals surface area contributed by atoms with E-state index in [4.69, 9.17) is 11.6 Å². The molecule has 1 heterocycles. The monoisotopic (exact) mass is 378 g/mol. The van der Waals surface area contributed by atoms with Crippen LogP contribution in [0.3, 0.4) is 0 Å². The molecule has 1 saturated heterocycles. The molecule has 1 aliphatic heterocycles. The minimum absolute atomic E-state index is 0.0879. The van der Waals surface area contributed by atoms with Gasteiger partial charge in [0, 0.05) is 11.3 Å². The predicted octanol–water partition coefficient (Wildman–Crippen LogP) is 3.93. The summed E-state index contributed by atoms with van der Waals surface area (Å²) in [6.07, 6.45) is 0. The third-order valence-electron chi connectivity index (χ3n) is 3.55. The van der Waals surface area contributed by atoms with Gasteiger partial charge in [-0.1, -0.05) is 35.5 Å². The minimum Gasteiger partial charge on any atom is -0.322 e. The van der Waals surface area contributed by atoms with Gasteiger partial charge in [-0.05, 0) is 35.9 Å². The number of nitrogens with one attached hydrogen (secondary N) is 1. The molecule has 3 rings (SSSR count). The average Bonchev–Trinajstić information content (AvgIpc) is 2.90. The second kappa shape index (κ2) is 7.25. The quantitative estimate of drug-likeness (QED) is 0.875. The largest absolute Gasteiger partial charge is 0.322 e. The Balaban J connectivity index is 1.74. The summed E-state index contributed by atoms with van der Waals surface area (Å²) in [5, 5.41) is 2.24. The Kier molecular flexibility index (Phi) is 5.06. The Labute approximate surface area is 152 Å². The zero-order valence-corrected chi connectivity index (χ0v) is 14.4. The molecule has 0 radical (unpaired) electrons. The maximum atomic E-state index is 13.2. The molecule has 2 aromatic carbocycles. The molecule has 0 aromatic heterocycles. The van der Waals surface area contributed by atoms with E-state index < -0.39 is 11.7 Å². The summed E-state index contributed by atoms with van der Waals surface area (Å²) in [5.74, 6) is -1.08. The number of thioether (sulfide) groups is 1. The summed E-state index contributed by atoms with van der Waals surface area (Å²) in [5.41, 5.74) is 1.38. The lowest BCUT2D eigenvalue weighted by Gasteiger charge is -2.13. The van der Waals surface area contributed by atoms with Crippen molar-refractivity contribution in [3.8, 4) is 0 Å². The van der Waals surface area contributed by atoms with E-state index in [1.54, 1.807) is 24.3 Å². The van der Waals surface area contributed by atoms with E-state index in [0.717, 1.165) is 22.7 Å². The number of imide groups is 1. The second-order valence-electron chi connectivity index (χ2n) is 5.32. The molecule has 5 nitrogen and oxygen atoms in total. The zero-order chi connectivity index (χ0) is 18.0. The summed E-state index contributed by atoms with van der Waals surface area (Å²) in [4.78, 5) is 36.8. The van der Waals surface area contributed by atoms with Crippen molar-refractivity contribution in [1.29, 1.82) is 0 Å². The number of anilines is 1. The highest BCUT2D eigenvalue weighted by Gasteiger charge is 2.29. The van der Waals surface area contributed by atoms with E-state index in [1.807, 2.05) is 0 Å². The Morgan fingerprint density at radius 3 is 2.72 bits per heavy atom. The topological polar surface area (TPSA) is 66.5 Å². The van der Waals surface area contributed by atoms with Crippen LogP contribution in [0.5, 0.6) is 0 Å². The van der Waals surface area contributed by atoms with Crippen molar-refractivity contribution in [3.63, 3.8) is 0 Å². The highest BCUT2D eigenvalue weighted by molar-refractivity contribution is 8.14. The Bertz CT molecular complexity index is 859. The fraction of sp³-hybridized carbons (Fsp3) is 0.118. The van der Waals surface area contributed by atoms with Crippen LogP contribution in [0.2, 0.25) is 5.02 Å². The summed E-state index contributed by atoms with van der Waals surface area (Å²) in [6, 6.07) is 10.5. The number of hydrogen-bond acceptors (Lipinski definition) is 4. The first-order valence-electron chi connectivity index (χ1n) is 7.26. The number of nitrogens with zero attached hydrogens (tertiary/aromatic N) is 1. The third-order valence-corrected chi connectivity index (χ3v) is 4.70. The number of benzene rings is 2. The van der Waals surface area contributed by atoms with E-state index >= 15 is 0 Å². The molecule has 0 bridgehead atoms. The molecule has 128 valence electrons. The van der Waals surface area contributed by atoms with Crippen molar-refractivity contribution in [2.75, 3.05) is 11.1 Å². The van der Waals surface area contributed by atoms with Gasteiger partial charge >= 0.3 is 0 Å². The lowest BCUT2D eigenvalue weighted by Crippen LogP contribution is -2.28. The van der Waals surface area contributed by atoms with E-state index in [2.05, 4.69) is 5.32 Å². The van der Waals surface area contributed by atoms with Gasteiger partial charge in [0.1, 0.15) is 5.82 Å². The number of hydrogen-bond donors (Lipinski definition) is 1. The fourth-order valence-corrected chi connectivity index (χ4v) is 3.21. The average molecular weight is 379 g/mol. The third kappa shape index (κ3) is 4.00. The lowest BCUT2D eigenvalue weighted by molar-refractivity contribution is -0.125. The molecule has 0 spiro atoms. The summed E-state index contributed by atoms with van der Waals surface area (Å²) >= 11 is 6.66. The maximum absolute atomic E-state index is 13.2. The standard InChI is InChI=1S/C17H12ClFN2O3S/c18-13-7-12(4-5-14(13)19)20-16(23)11-3-1-2-10(6-11)8-21-15(22)9-25-17(21)24/h1-7H,8-9H2,(H,20,23). The first-order valence-corrected chi connectivity index (χ1v) is 8.63. The van der Waals surface area contributed by atoms with Gasteiger partial charge in [-0.2, -0.15) is 0 Å². The molecule has 0 saturated carbocycles. The van der Waals surface area contributed by atoms with E-state index in [1.165, 1.54) is 12.1 Å². The van der Waals surface area contributed by atoms with Crippen molar-refractivity contribution < 1.29 is 18.8 Å². The van der Waals surface area contributed by atoms with E-state index in [-0.39, 0.29) is 28.5 Å². The van der Waals surface area contributed by atoms with E-state index in [9.17, 15) is 18.8 Å². The minimum atomic E-state index is -0.570. The van der Waals surface area contributed by atoms with Crippen molar-refractivity contribution in [3.05, 3.63) is 64.4 Å². The smallest absolute Gasteiger partial charge is 0.289 e. The maximum Gasteiger partial charge on any atom is 0.289 e. The van der Waals surface area contributed by atoms with Crippen LogP contribution in [0.15, 0.2) is 42.5 Å². The molecular formula is C17H12ClFN2O3S. The lowest BCUT2D eigenvalue weighted by atomic mass is 10.1. The first-order chi connectivity index (χ1) is 11.9. The van der Waals surface area contributed by atoms with E-state index in [0.29, 0.717) is 16.8 Å². The van der Waals surface area contributed by atoms with Crippen LogP contribution < -0.4 is 5.32 Å². The SMILES string of the molecule is O=C(Nc1ccc(F)c(Cl)c1)c1cccc(CN2C(=O)CSC2=O)c1. The molecule has 0 aliphatic carbocycles. The highest BCUT2D eigenvalue weighted by atomic mass is 35.5. The summed E-state index contributed by atoms with van der Waals surface area (Å²) in [7, 11) is 0. The Morgan fingerprint density at radius 1 is 1.24 bits per heavy atom. The van der Waals surface area contributed by atoms with Crippen molar-refractivity contribution in [2.45, 2.75) is 6.54 Å². The van der Waals surface area contributed by atoms with Gasteiger partial charge in [-0.3, -0.25) is 19.3 Å². The summed E-state index contributed by atoms with van der Waals surface area (Å²) < 4.78 is 13.2. The molecule has 0 atom stereocenters. The number of halogens is 2. The van der Waals surface area contributed by atoms with Gasteiger partial charge < -0.3 is 5.32 Å². The molecule has 8 heteroatoms.